The van der Waals surface area contributed by atoms with Gasteiger partial charge in [0, 0.05) is 5.56 Å². The van der Waals surface area contributed by atoms with Gasteiger partial charge in [-0.15, -0.1) is 0 Å². The second kappa shape index (κ2) is 10.7. The lowest BCUT2D eigenvalue weighted by atomic mass is 9.95. The maximum atomic E-state index is 13.5. The molecule has 8 heteroatoms. The van der Waals surface area contributed by atoms with E-state index in [0.717, 1.165) is 22.2 Å². The van der Waals surface area contributed by atoms with Crippen LogP contribution in [0.2, 0.25) is 0 Å². The van der Waals surface area contributed by atoms with E-state index in [2.05, 4.69) is 13.0 Å². The summed E-state index contributed by atoms with van der Waals surface area (Å²) in [4.78, 5) is 33.1. The van der Waals surface area contributed by atoms with Crippen molar-refractivity contribution >= 4 is 44.1 Å². The van der Waals surface area contributed by atoms with Crippen LogP contribution in [0.1, 0.15) is 43.5 Å². The van der Waals surface area contributed by atoms with E-state index >= 15 is 0 Å². The highest BCUT2D eigenvalue weighted by Gasteiger charge is 2.48. The Morgan fingerprint density at radius 1 is 0.921 bits per heavy atom. The number of benzene rings is 3. The molecule has 7 nitrogen and oxygen atoms in total. The molecule has 194 valence electrons. The number of hydrogen-bond donors (Lipinski definition) is 1. The number of fused-ring (bicyclic) bond motifs is 1. The molecule has 5 rings (SSSR count). The molecule has 2 heterocycles. The molecule has 0 radical (unpaired) electrons. The number of aromatic nitrogens is 1. The molecule has 1 aliphatic rings. The van der Waals surface area contributed by atoms with E-state index in [4.69, 9.17) is 14.5 Å². The molecule has 1 saturated heterocycles. The minimum absolute atomic E-state index is 0.0109. The number of carbonyl (C=O) groups excluding carboxylic acids is 2. The summed E-state index contributed by atoms with van der Waals surface area (Å²) in [6.07, 6.45) is 0.877. The van der Waals surface area contributed by atoms with Gasteiger partial charge in [0.1, 0.15) is 17.3 Å². The molecule has 0 saturated carbocycles. The van der Waals surface area contributed by atoms with Crippen LogP contribution in [0.25, 0.3) is 16.0 Å². The van der Waals surface area contributed by atoms with Crippen LogP contribution in [-0.2, 0) is 16.0 Å². The van der Waals surface area contributed by atoms with Crippen LogP contribution in [0.5, 0.6) is 11.5 Å². The van der Waals surface area contributed by atoms with E-state index in [9.17, 15) is 14.7 Å². The SMILES string of the molecule is CCOc1ccc(C(O)=C2C(=O)C(=O)N(c3nc4ccc(CC)cc4s3)[C@@H]2c2ccc(OCC)cc2)cc1. The Balaban J connectivity index is 1.66. The van der Waals surface area contributed by atoms with Crippen molar-refractivity contribution in [3.63, 3.8) is 0 Å². The fourth-order valence-corrected chi connectivity index (χ4v) is 5.63. The fraction of sp³-hybridized carbons (Fsp3) is 0.233. The smallest absolute Gasteiger partial charge is 0.301 e. The summed E-state index contributed by atoms with van der Waals surface area (Å²) in [6.45, 7) is 6.89. The minimum Gasteiger partial charge on any atom is -0.507 e. The van der Waals surface area contributed by atoms with E-state index in [1.165, 1.54) is 16.2 Å². The normalized spacial score (nSPS) is 16.8. The third kappa shape index (κ3) is 4.63. The number of ketones is 1. The number of aliphatic hydroxyl groups is 1. The monoisotopic (exact) mass is 528 g/mol. The van der Waals surface area contributed by atoms with Crippen LogP contribution >= 0.6 is 11.3 Å². The molecular formula is C30H28N2O5S. The highest BCUT2D eigenvalue weighted by Crippen LogP contribution is 2.44. The summed E-state index contributed by atoms with van der Waals surface area (Å²) in [5.74, 6) is -0.419. The van der Waals surface area contributed by atoms with Crippen LogP contribution in [0.3, 0.4) is 0 Å². The standard InChI is InChI=1S/C30H28N2O5S/c1-4-18-7-16-23-24(17-18)38-30(31-23)32-26(19-8-12-21(13-9-19)36-5-2)25(28(34)29(32)35)27(33)20-10-14-22(15-11-20)37-6-3/h7-17,26,33H,4-6H2,1-3H3/t26-/m1/s1. The van der Waals surface area contributed by atoms with Gasteiger partial charge in [0.05, 0.1) is 35.0 Å². The molecule has 1 N–H and O–H groups in total. The van der Waals surface area contributed by atoms with Gasteiger partial charge in [-0.1, -0.05) is 36.5 Å². The number of nitrogens with zero attached hydrogens (tertiary/aromatic N) is 2. The van der Waals surface area contributed by atoms with Gasteiger partial charge in [0.25, 0.3) is 5.78 Å². The van der Waals surface area contributed by atoms with Crippen molar-refractivity contribution in [2.45, 2.75) is 33.2 Å². The summed E-state index contributed by atoms with van der Waals surface area (Å²) in [5.41, 5.74) is 3.00. The molecule has 38 heavy (non-hydrogen) atoms. The number of amides is 1. The van der Waals surface area contributed by atoms with Crippen molar-refractivity contribution in [1.29, 1.82) is 0 Å². The quantitative estimate of drug-likeness (QED) is 0.164. The zero-order valence-electron chi connectivity index (χ0n) is 21.4. The Kier molecular flexibility index (Phi) is 7.15. The van der Waals surface area contributed by atoms with Crippen LogP contribution in [0.15, 0.2) is 72.3 Å². The first-order valence-corrected chi connectivity index (χ1v) is 13.4. The molecule has 0 unspecified atom stereocenters. The first kappa shape index (κ1) is 25.5. The van der Waals surface area contributed by atoms with E-state index < -0.39 is 17.7 Å². The van der Waals surface area contributed by atoms with E-state index in [1.807, 2.05) is 38.1 Å². The molecule has 1 aromatic heterocycles. The predicted octanol–water partition coefficient (Wildman–Crippen LogP) is 6.28. The summed E-state index contributed by atoms with van der Waals surface area (Å²) in [7, 11) is 0. The topological polar surface area (TPSA) is 89.0 Å². The van der Waals surface area contributed by atoms with E-state index in [0.29, 0.717) is 41.0 Å². The van der Waals surface area contributed by atoms with Gasteiger partial charge in [0.2, 0.25) is 0 Å². The third-order valence-electron chi connectivity index (χ3n) is 6.45. The Morgan fingerprint density at radius 3 is 2.16 bits per heavy atom. The largest absolute Gasteiger partial charge is 0.507 e. The fourth-order valence-electron chi connectivity index (χ4n) is 4.57. The molecule has 1 amide bonds. The summed E-state index contributed by atoms with van der Waals surface area (Å²) < 4.78 is 12.0. The van der Waals surface area contributed by atoms with Gasteiger partial charge in [0.15, 0.2) is 5.13 Å². The van der Waals surface area contributed by atoms with Gasteiger partial charge >= 0.3 is 5.91 Å². The van der Waals surface area contributed by atoms with Crippen LogP contribution < -0.4 is 14.4 Å². The number of aliphatic hydroxyl groups excluding tert-OH is 1. The lowest BCUT2D eigenvalue weighted by Crippen LogP contribution is -2.29. The lowest BCUT2D eigenvalue weighted by Gasteiger charge is -2.23. The number of anilines is 1. The summed E-state index contributed by atoms with van der Waals surface area (Å²) in [6, 6.07) is 19.1. The van der Waals surface area contributed by atoms with Crippen molar-refractivity contribution in [2.24, 2.45) is 0 Å². The molecule has 0 aliphatic carbocycles. The molecule has 3 aromatic carbocycles. The number of Topliss-reactive ketones (excluding diaryl/α,β-unsaturated/α-hetero) is 1. The minimum atomic E-state index is -0.858. The van der Waals surface area contributed by atoms with Crippen molar-refractivity contribution in [1.82, 2.24) is 4.98 Å². The van der Waals surface area contributed by atoms with Gasteiger partial charge in [-0.25, -0.2) is 4.98 Å². The van der Waals surface area contributed by atoms with Crippen molar-refractivity contribution in [2.75, 3.05) is 18.1 Å². The first-order chi connectivity index (χ1) is 18.4. The maximum absolute atomic E-state index is 13.5. The Bertz CT molecular complexity index is 1520. The average Bonchev–Trinajstić information content (AvgIpc) is 3.47. The number of aryl methyl sites for hydroxylation is 1. The number of carbonyl (C=O) groups is 2. The second-order valence-electron chi connectivity index (χ2n) is 8.78. The van der Waals surface area contributed by atoms with Crippen LogP contribution in [0, 0.1) is 0 Å². The molecule has 1 aliphatic heterocycles. The second-order valence-corrected chi connectivity index (χ2v) is 9.79. The number of thiazole rings is 1. The first-order valence-electron chi connectivity index (χ1n) is 12.6. The molecule has 1 fully saturated rings. The zero-order valence-corrected chi connectivity index (χ0v) is 22.2. The van der Waals surface area contributed by atoms with E-state index in [1.54, 1.807) is 36.4 Å². The molecule has 0 bridgehead atoms. The van der Waals surface area contributed by atoms with Crippen molar-refractivity contribution in [3.8, 4) is 11.5 Å². The highest BCUT2D eigenvalue weighted by molar-refractivity contribution is 7.22. The number of rotatable bonds is 8. The molecule has 0 spiro atoms. The number of hydrogen-bond acceptors (Lipinski definition) is 7. The van der Waals surface area contributed by atoms with Crippen LogP contribution in [-0.4, -0.2) is 35.0 Å². The summed E-state index contributed by atoms with van der Waals surface area (Å²) in [5, 5.41) is 11.8. The Morgan fingerprint density at radius 2 is 1.55 bits per heavy atom. The Hall–Kier alpha value is -4.17. The average molecular weight is 529 g/mol. The van der Waals surface area contributed by atoms with Gasteiger partial charge in [-0.3, -0.25) is 14.5 Å². The van der Waals surface area contributed by atoms with Gasteiger partial charge < -0.3 is 14.6 Å². The zero-order chi connectivity index (χ0) is 26.8. The van der Waals surface area contributed by atoms with Gasteiger partial charge in [-0.05, 0) is 79.9 Å². The van der Waals surface area contributed by atoms with Crippen molar-refractivity contribution in [3.05, 3.63) is 89.0 Å². The van der Waals surface area contributed by atoms with Gasteiger partial charge in [-0.2, -0.15) is 0 Å². The Labute approximate surface area is 225 Å². The van der Waals surface area contributed by atoms with Crippen LogP contribution in [0.4, 0.5) is 5.13 Å². The van der Waals surface area contributed by atoms with Crippen molar-refractivity contribution < 1.29 is 24.2 Å². The lowest BCUT2D eigenvalue weighted by molar-refractivity contribution is -0.132. The number of ether oxygens (including phenoxy) is 2. The third-order valence-corrected chi connectivity index (χ3v) is 7.46. The predicted molar refractivity (Wildman–Crippen MR) is 149 cm³/mol. The van der Waals surface area contributed by atoms with E-state index in [-0.39, 0.29) is 11.3 Å². The molecule has 1 atom stereocenters. The molecule has 4 aromatic rings. The summed E-state index contributed by atoms with van der Waals surface area (Å²) >= 11 is 1.35. The molecular weight excluding hydrogens is 500 g/mol. The maximum Gasteiger partial charge on any atom is 0.301 e. The highest BCUT2D eigenvalue weighted by atomic mass is 32.1.